The number of fused-ring (bicyclic) bond motifs is 1. The summed E-state index contributed by atoms with van der Waals surface area (Å²) in [5.41, 5.74) is 6.77. The molecular formula is C13H17N5O2. The van der Waals surface area contributed by atoms with Gasteiger partial charge < -0.3 is 20.1 Å². The van der Waals surface area contributed by atoms with Crippen LogP contribution in [0.2, 0.25) is 0 Å². The molecule has 0 saturated heterocycles. The Morgan fingerprint density at radius 3 is 3.05 bits per heavy atom. The molecule has 1 aromatic carbocycles. The summed E-state index contributed by atoms with van der Waals surface area (Å²) >= 11 is 0. The quantitative estimate of drug-likeness (QED) is 0.819. The monoisotopic (exact) mass is 275 g/mol. The van der Waals surface area contributed by atoms with Gasteiger partial charge in [0.1, 0.15) is 6.17 Å². The number of nitrogens with one attached hydrogen (secondary N) is 1. The number of rotatable bonds is 2. The average molecular weight is 275 g/mol. The molecule has 0 saturated carbocycles. The zero-order valence-corrected chi connectivity index (χ0v) is 11.5. The smallest absolute Gasteiger partial charge is 0.231 e. The number of nitrogens with zero attached hydrogens (tertiary/aromatic N) is 3. The maximum absolute atomic E-state index is 5.72. The van der Waals surface area contributed by atoms with Crippen LogP contribution in [0.15, 0.2) is 28.2 Å². The highest BCUT2D eigenvalue weighted by Gasteiger charge is 2.20. The Balaban J connectivity index is 1.77. The lowest BCUT2D eigenvalue weighted by molar-refractivity contribution is 0.173. The lowest BCUT2D eigenvalue weighted by Gasteiger charge is -2.25. The third-order valence-electron chi connectivity index (χ3n) is 3.12. The Labute approximate surface area is 117 Å². The van der Waals surface area contributed by atoms with Gasteiger partial charge in [-0.15, -0.1) is 0 Å². The number of para-hydroxylation sites is 1. The molecule has 1 aromatic rings. The molecule has 106 valence electrons. The number of ether oxygens (including phenoxy) is 2. The van der Waals surface area contributed by atoms with E-state index in [-0.39, 0.29) is 13.0 Å². The van der Waals surface area contributed by atoms with E-state index in [4.69, 9.17) is 15.2 Å². The first-order valence-electron chi connectivity index (χ1n) is 6.40. The van der Waals surface area contributed by atoms with E-state index in [1.165, 1.54) is 0 Å². The highest BCUT2D eigenvalue weighted by Crippen LogP contribution is 2.35. The molecule has 2 aliphatic rings. The summed E-state index contributed by atoms with van der Waals surface area (Å²) in [6.45, 7) is 2.79. The molecule has 20 heavy (non-hydrogen) atoms. The molecule has 7 nitrogen and oxygen atoms in total. The van der Waals surface area contributed by atoms with Gasteiger partial charge in [-0.3, -0.25) is 5.32 Å². The Morgan fingerprint density at radius 1 is 1.40 bits per heavy atom. The molecule has 0 radical (unpaired) electrons. The van der Waals surface area contributed by atoms with Crippen molar-refractivity contribution in [2.75, 3.05) is 13.8 Å². The van der Waals surface area contributed by atoms with E-state index in [9.17, 15) is 0 Å². The first-order valence-corrected chi connectivity index (χ1v) is 6.40. The van der Waals surface area contributed by atoms with Gasteiger partial charge in [-0.05, 0) is 13.0 Å². The molecule has 0 fully saturated rings. The van der Waals surface area contributed by atoms with Crippen LogP contribution in [0.25, 0.3) is 0 Å². The van der Waals surface area contributed by atoms with Crippen molar-refractivity contribution in [2.24, 2.45) is 15.7 Å². The van der Waals surface area contributed by atoms with Crippen molar-refractivity contribution in [3.05, 3.63) is 23.8 Å². The van der Waals surface area contributed by atoms with Crippen molar-refractivity contribution in [1.29, 1.82) is 0 Å². The average Bonchev–Trinajstić information content (AvgIpc) is 2.87. The van der Waals surface area contributed by atoms with Crippen LogP contribution < -0.4 is 20.5 Å². The van der Waals surface area contributed by atoms with E-state index in [0.29, 0.717) is 18.5 Å². The van der Waals surface area contributed by atoms with Crippen molar-refractivity contribution < 1.29 is 9.47 Å². The fourth-order valence-corrected chi connectivity index (χ4v) is 2.23. The Morgan fingerprint density at radius 2 is 2.25 bits per heavy atom. The molecule has 3 rings (SSSR count). The van der Waals surface area contributed by atoms with Crippen LogP contribution in [0.3, 0.4) is 0 Å². The second-order valence-corrected chi connectivity index (χ2v) is 4.73. The van der Waals surface area contributed by atoms with Crippen molar-refractivity contribution >= 4 is 11.9 Å². The molecule has 0 bridgehead atoms. The van der Waals surface area contributed by atoms with E-state index in [0.717, 1.165) is 17.1 Å². The number of hydrogen-bond acceptors (Lipinski definition) is 7. The van der Waals surface area contributed by atoms with Gasteiger partial charge in [0.25, 0.3) is 0 Å². The Hall–Kier alpha value is -2.44. The normalized spacial score (nSPS) is 20.0. The van der Waals surface area contributed by atoms with Crippen LogP contribution in [-0.4, -0.2) is 36.8 Å². The molecule has 0 aliphatic carbocycles. The predicted octanol–water partition coefficient (Wildman–Crippen LogP) is 0.467. The lowest BCUT2D eigenvalue weighted by Crippen LogP contribution is -2.48. The number of hydrogen-bond donors (Lipinski definition) is 2. The molecule has 2 aliphatic heterocycles. The van der Waals surface area contributed by atoms with Gasteiger partial charge >= 0.3 is 0 Å². The Kier molecular flexibility index (Phi) is 3.09. The van der Waals surface area contributed by atoms with Gasteiger partial charge in [0.2, 0.25) is 12.8 Å². The summed E-state index contributed by atoms with van der Waals surface area (Å²) in [5, 5.41) is 2.97. The first-order chi connectivity index (χ1) is 9.63. The number of guanidine groups is 2. The number of nitrogens with two attached hydrogens (primary N) is 1. The maximum Gasteiger partial charge on any atom is 0.231 e. The minimum Gasteiger partial charge on any atom is -0.454 e. The fourth-order valence-electron chi connectivity index (χ4n) is 2.23. The number of benzene rings is 1. The standard InChI is InChI=1S/C13H17N5O2/c1-8-15-12(14)17-13(16-8)18(2)6-9-4-3-5-10-11(9)20-7-19-10/h3-5,8H,6-7H2,1-2H3,(H3,14,15,16,17). The third-order valence-corrected chi connectivity index (χ3v) is 3.12. The molecule has 1 atom stereocenters. The van der Waals surface area contributed by atoms with Crippen molar-refractivity contribution in [2.45, 2.75) is 19.6 Å². The summed E-state index contributed by atoms with van der Waals surface area (Å²) in [5.74, 6) is 2.66. The summed E-state index contributed by atoms with van der Waals surface area (Å²) in [6.07, 6.45) is -0.172. The molecule has 3 N–H and O–H groups in total. The lowest BCUT2D eigenvalue weighted by atomic mass is 10.2. The van der Waals surface area contributed by atoms with E-state index < -0.39 is 0 Å². The molecule has 2 heterocycles. The summed E-state index contributed by atoms with van der Waals surface area (Å²) in [6, 6.07) is 5.86. The highest BCUT2D eigenvalue weighted by atomic mass is 16.7. The van der Waals surface area contributed by atoms with Crippen LogP contribution in [0.5, 0.6) is 11.5 Å². The van der Waals surface area contributed by atoms with Gasteiger partial charge in [0.05, 0.1) is 0 Å². The SMILES string of the molecule is CC1N=C(N)NC(N(C)Cc2cccc3c2OCO3)=N1. The molecular weight excluding hydrogens is 258 g/mol. The van der Waals surface area contributed by atoms with Crippen LogP contribution >= 0.6 is 0 Å². The van der Waals surface area contributed by atoms with Gasteiger partial charge in [-0.2, -0.15) is 0 Å². The molecule has 0 amide bonds. The van der Waals surface area contributed by atoms with Gasteiger partial charge in [-0.25, -0.2) is 9.98 Å². The van der Waals surface area contributed by atoms with Gasteiger partial charge in [0, 0.05) is 19.2 Å². The minimum absolute atomic E-state index is 0.172. The maximum atomic E-state index is 5.72. The number of aliphatic imine (C=N–C) groups is 2. The minimum atomic E-state index is -0.172. The van der Waals surface area contributed by atoms with Crippen LogP contribution in [-0.2, 0) is 6.54 Å². The van der Waals surface area contributed by atoms with Crippen molar-refractivity contribution in [3.8, 4) is 11.5 Å². The second kappa shape index (κ2) is 4.92. The van der Waals surface area contributed by atoms with E-state index >= 15 is 0 Å². The summed E-state index contributed by atoms with van der Waals surface area (Å²) < 4.78 is 10.9. The summed E-state index contributed by atoms with van der Waals surface area (Å²) in [4.78, 5) is 10.5. The van der Waals surface area contributed by atoms with Gasteiger partial charge in [-0.1, -0.05) is 12.1 Å². The molecule has 0 aromatic heterocycles. The molecule has 1 unspecified atom stereocenters. The largest absolute Gasteiger partial charge is 0.454 e. The van der Waals surface area contributed by atoms with Crippen LogP contribution in [0, 0.1) is 0 Å². The molecule has 7 heteroatoms. The predicted molar refractivity (Wildman–Crippen MR) is 75.7 cm³/mol. The zero-order chi connectivity index (χ0) is 14.1. The first kappa shape index (κ1) is 12.6. The van der Waals surface area contributed by atoms with E-state index in [2.05, 4.69) is 15.3 Å². The van der Waals surface area contributed by atoms with E-state index in [1.54, 1.807) is 0 Å². The fraction of sp³-hybridized carbons (Fsp3) is 0.385. The van der Waals surface area contributed by atoms with Crippen LogP contribution in [0.4, 0.5) is 0 Å². The van der Waals surface area contributed by atoms with Gasteiger partial charge in [0.15, 0.2) is 17.5 Å². The van der Waals surface area contributed by atoms with Crippen molar-refractivity contribution in [1.82, 2.24) is 10.2 Å². The highest BCUT2D eigenvalue weighted by molar-refractivity contribution is 5.99. The summed E-state index contributed by atoms with van der Waals surface area (Å²) in [7, 11) is 1.94. The second-order valence-electron chi connectivity index (χ2n) is 4.73. The van der Waals surface area contributed by atoms with Crippen LogP contribution in [0.1, 0.15) is 12.5 Å². The third kappa shape index (κ3) is 2.34. The van der Waals surface area contributed by atoms with E-state index in [1.807, 2.05) is 37.1 Å². The molecule has 0 spiro atoms. The zero-order valence-electron chi connectivity index (χ0n) is 11.5. The Bertz CT molecular complexity index is 584. The van der Waals surface area contributed by atoms with Crippen molar-refractivity contribution in [3.63, 3.8) is 0 Å². The topological polar surface area (TPSA) is 84.5 Å².